The molecule has 25 heavy (non-hydrogen) atoms. The van der Waals surface area contributed by atoms with Gasteiger partial charge in [0.15, 0.2) is 0 Å². The van der Waals surface area contributed by atoms with Gasteiger partial charge >= 0.3 is 6.18 Å². The maximum Gasteiger partial charge on any atom is 0.417 e. The average molecular weight is 417 g/mol. The summed E-state index contributed by atoms with van der Waals surface area (Å²) in [5.74, 6) is 0.0994. The second-order valence-corrected chi connectivity index (χ2v) is 6.15. The fourth-order valence-electron chi connectivity index (χ4n) is 2.15. The summed E-state index contributed by atoms with van der Waals surface area (Å²) in [6.45, 7) is 1.68. The molecule has 0 atom stereocenters. The van der Waals surface area contributed by atoms with Crippen molar-refractivity contribution < 1.29 is 22.7 Å². The molecule has 0 saturated carbocycles. The first-order valence-corrected chi connectivity index (χ1v) is 8.05. The Kier molecular flexibility index (Phi) is 5.94. The molecule has 0 heterocycles. The number of anilines is 2. The van der Waals surface area contributed by atoms with E-state index in [9.17, 15) is 18.0 Å². The Hall–Kier alpha value is -2.22. The van der Waals surface area contributed by atoms with Crippen LogP contribution in [0.5, 0.6) is 5.75 Å². The lowest BCUT2D eigenvalue weighted by Crippen LogP contribution is -2.22. The number of nitrogens with one attached hydrogen (secondary N) is 2. The number of methoxy groups -OCH3 is 1. The van der Waals surface area contributed by atoms with Crippen molar-refractivity contribution in [3.05, 3.63) is 52.0 Å². The zero-order valence-corrected chi connectivity index (χ0v) is 15.1. The van der Waals surface area contributed by atoms with Gasteiger partial charge in [0, 0.05) is 10.2 Å². The zero-order valence-electron chi connectivity index (χ0n) is 13.5. The summed E-state index contributed by atoms with van der Waals surface area (Å²) in [6.07, 6.45) is -4.48. The van der Waals surface area contributed by atoms with E-state index in [0.29, 0.717) is 11.4 Å². The third-order valence-electron chi connectivity index (χ3n) is 3.35. The summed E-state index contributed by atoms with van der Waals surface area (Å²) in [7, 11) is 1.49. The van der Waals surface area contributed by atoms with Crippen LogP contribution in [0.25, 0.3) is 0 Å². The van der Waals surface area contributed by atoms with Crippen LogP contribution in [0, 0.1) is 6.92 Å². The van der Waals surface area contributed by atoms with Gasteiger partial charge in [-0.1, -0.05) is 22.0 Å². The molecule has 0 spiro atoms. The Morgan fingerprint density at radius 1 is 1.20 bits per heavy atom. The van der Waals surface area contributed by atoms with Crippen molar-refractivity contribution in [2.75, 3.05) is 24.3 Å². The van der Waals surface area contributed by atoms with Gasteiger partial charge in [-0.15, -0.1) is 0 Å². The van der Waals surface area contributed by atoms with Crippen LogP contribution in [-0.2, 0) is 11.0 Å². The molecule has 4 nitrogen and oxygen atoms in total. The molecule has 0 aromatic heterocycles. The fraction of sp³-hybridized carbons (Fsp3) is 0.235. The van der Waals surface area contributed by atoms with Gasteiger partial charge in [0.05, 0.1) is 24.9 Å². The molecule has 0 radical (unpaired) electrons. The van der Waals surface area contributed by atoms with Crippen LogP contribution in [0.3, 0.4) is 0 Å². The van der Waals surface area contributed by atoms with Crippen molar-refractivity contribution in [2.24, 2.45) is 0 Å². The molecule has 0 saturated heterocycles. The van der Waals surface area contributed by atoms with Gasteiger partial charge in [0.1, 0.15) is 5.75 Å². The van der Waals surface area contributed by atoms with Crippen molar-refractivity contribution in [2.45, 2.75) is 13.1 Å². The zero-order chi connectivity index (χ0) is 18.6. The van der Waals surface area contributed by atoms with E-state index in [4.69, 9.17) is 4.74 Å². The maximum absolute atomic E-state index is 12.9. The Morgan fingerprint density at radius 2 is 1.92 bits per heavy atom. The summed E-state index contributed by atoms with van der Waals surface area (Å²) in [6, 6.07) is 9.01. The number of carbonyl (C=O) groups excluding carboxylic acids is 1. The summed E-state index contributed by atoms with van der Waals surface area (Å²) in [4.78, 5) is 12.1. The first kappa shape index (κ1) is 19.1. The second kappa shape index (κ2) is 7.77. The van der Waals surface area contributed by atoms with Gasteiger partial charge in [0.2, 0.25) is 5.91 Å². The normalized spacial score (nSPS) is 11.1. The molecule has 2 aromatic rings. The number of halogens is 4. The van der Waals surface area contributed by atoms with Crippen molar-refractivity contribution in [3.63, 3.8) is 0 Å². The lowest BCUT2D eigenvalue weighted by atomic mass is 10.2. The number of rotatable bonds is 5. The van der Waals surface area contributed by atoms with Gasteiger partial charge in [-0.25, -0.2) is 0 Å². The molecule has 1 amide bonds. The van der Waals surface area contributed by atoms with Crippen LogP contribution < -0.4 is 15.4 Å². The standard InChI is InChI=1S/C17H16BrF3N2O2/c1-10-3-6-15(25-2)14(7-10)23-16(24)9-22-11-4-5-13(18)12(8-11)17(19,20)21/h3-8,22H,9H2,1-2H3,(H,23,24). The molecule has 0 fully saturated rings. The molecule has 0 aliphatic heterocycles. The van der Waals surface area contributed by atoms with Crippen LogP contribution in [0.4, 0.5) is 24.5 Å². The van der Waals surface area contributed by atoms with Gasteiger partial charge in [-0.05, 0) is 42.8 Å². The molecule has 8 heteroatoms. The largest absolute Gasteiger partial charge is 0.495 e. The van der Waals surface area contributed by atoms with E-state index in [1.807, 2.05) is 13.0 Å². The van der Waals surface area contributed by atoms with Crippen LogP contribution >= 0.6 is 15.9 Å². The maximum atomic E-state index is 12.9. The third kappa shape index (κ3) is 5.12. The van der Waals surface area contributed by atoms with E-state index in [1.165, 1.54) is 19.2 Å². The molecule has 2 rings (SSSR count). The van der Waals surface area contributed by atoms with Crippen molar-refractivity contribution in [3.8, 4) is 5.75 Å². The number of hydrogen-bond donors (Lipinski definition) is 2. The Labute approximate surface area is 151 Å². The van der Waals surface area contributed by atoms with E-state index < -0.39 is 17.6 Å². The molecule has 2 aromatic carbocycles. The quantitative estimate of drug-likeness (QED) is 0.733. The van der Waals surface area contributed by atoms with E-state index >= 15 is 0 Å². The van der Waals surface area contributed by atoms with Crippen LogP contribution in [0.15, 0.2) is 40.9 Å². The highest BCUT2D eigenvalue weighted by Crippen LogP contribution is 2.36. The minimum Gasteiger partial charge on any atom is -0.495 e. The SMILES string of the molecule is COc1ccc(C)cc1NC(=O)CNc1ccc(Br)c(C(F)(F)F)c1. The number of ether oxygens (including phenoxy) is 1. The fourth-order valence-corrected chi connectivity index (χ4v) is 2.62. The predicted molar refractivity (Wildman–Crippen MR) is 94.0 cm³/mol. The first-order valence-electron chi connectivity index (χ1n) is 7.26. The van der Waals surface area contributed by atoms with Crippen molar-refractivity contribution >= 4 is 33.2 Å². The Morgan fingerprint density at radius 3 is 2.56 bits per heavy atom. The van der Waals surface area contributed by atoms with Gasteiger partial charge in [-0.2, -0.15) is 13.2 Å². The number of benzene rings is 2. The second-order valence-electron chi connectivity index (χ2n) is 5.30. The lowest BCUT2D eigenvalue weighted by Gasteiger charge is -2.14. The minimum atomic E-state index is -4.48. The first-order chi connectivity index (χ1) is 11.7. The molecule has 134 valence electrons. The Bertz CT molecular complexity index is 779. The Balaban J connectivity index is 2.05. The van der Waals surface area contributed by atoms with Gasteiger partial charge in [-0.3, -0.25) is 4.79 Å². The molecular formula is C17H16BrF3N2O2. The summed E-state index contributed by atoms with van der Waals surface area (Å²) in [5.41, 5.74) is 0.827. The highest BCUT2D eigenvalue weighted by molar-refractivity contribution is 9.10. The monoisotopic (exact) mass is 416 g/mol. The molecule has 0 bridgehead atoms. The van der Waals surface area contributed by atoms with E-state index in [-0.39, 0.29) is 16.7 Å². The number of aryl methyl sites for hydroxylation is 1. The van der Waals surface area contributed by atoms with Crippen molar-refractivity contribution in [1.82, 2.24) is 0 Å². The van der Waals surface area contributed by atoms with Crippen LogP contribution in [0.1, 0.15) is 11.1 Å². The van der Waals surface area contributed by atoms with E-state index in [0.717, 1.165) is 11.6 Å². The number of amides is 1. The number of alkyl halides is 3. The number of hydrogen-bond acceptors (Lipinski definition) is 3. The van der Waals surface area contributed by atoms with E-state index in [2.05, 4.69) is 26.6 Å². The smallest absolute Gasteiger partial charge is 0.417 e. The van der Waals surface area contributed by atoms with E-state index in [1.54, 1.807) is 12.1 Å². The molecule has 0 aliphatic carbocycles. The summed E-state index contributed by atoms with van der Waals surface area (Å²) >= 11 is 2.87. The lowest BCUT2D eigenvalue weighted by molar-refractivity contribution is -0.138. The number of carbonyl (C=O) groups is 1. The molecule has 0 aliphatic rings. The molecule has 0 unspecified atom stereocenters. The molecular weight excluding hydrogens is 401 g/mol. The topological polar surface area (TPSA) is 50.4 Å². The highest BCUT2D eigenvalue weighted by Gasteiger charge is 2.33. The summed E-state index contributed by atoms with van der Waals surface area (Å²) in [5, 5.41) is 5.35. The van der Waals surface area contributed by atoms with Crippen LogP contribution in [-0.4, -0.2) is 19.6 Å². The average Bonchev–Trinajstić information content (AvgIpc) is 2.53. The summed E-state index contributed by atoms with van der Waals surface area (Å²) < 4.78 is 43.8. The highest BCUT2D eigenvalue weighted by atomic mass is 79.9. The van der Waals surface area contributed by atoms with Gasteiger partial charge in [0.25, 0.3) is 0 Å². The molecule has 2 N–H and O–H groups in total. The third-order valence-corrected chi connectivity index (χ3v) is 4.05. The minimum absolute atomic E-state index is 0.0560. The van der Waals surface area contributed by atoms with Crippen LogP contribution in [0.2, 0.25) is 0 Å². The van der Waals surface area contributed by atoms with Crippen molar-refractivity contribution in [1.29, 1.82) is 0 Å². The predicted octanol–water partition coefficient (Wildman–Crippen LogP) is 4.84. The van der Waals surface area contributed by atoms with Gasteiger partial charge < -0.3 is 15.4 Å².